The molecule has 1 fully saturated rings. The van der Waals surface area contributed by atoms with E-state index in [0.29, 0.717) is 67.4 Å². The number of ether oxygens (including phenoxy) is 3. The molecule has 0 saturated carbocycles. The predicted molar refractivity (Wildman–Crippen MR) is 133 cm³/mol. The Balaban J connectivity index is 1.45. The molecule has 2 aliphatic heterocycles. The summed E-state index contributed by atoms with van der Waals surface area (Å²) in [7, 11) is 1.57. The van der Waals surface area contributed by atoms with E-state index in [1.807, 2.05) is 13.8 Å². The number of amides is 3. The molecule has 2 heterocycles. The lowest BCUT2D eigenvalue weighted by Gasteiger charge is -2.37. The topological polar surface area (TPSA) is 97.4 Å². The van der Waals surface area contributed by atoms with Crippen molar-refractivity contribution in [1.82, 2.24) is 15.1 Å². The number of hydrogen-bond donors (Lipinski definition) is 1. The number of hydrogen-bond acceptors (Lipinski definition) is 6. The van der Waals surface area contributed by atoms with Crippen LogP contribution in [0.4, 0.5) is 0 Å². The number of fused-ring (bicyclic) bond motifs is 1. The number of benzene rings is 2. The van der Waals surface area contributed by atoms with E-state index in [1.165, 1.54) is 0 Å². The minimum Gasteiger partial charge on any atom is -0.497 e. The van der Waals surface area contributed by atoms with E-state index in [2.05, 4.69) is 5.32 Å². The van der Waals surface area contributed by atoms with Gasteiger partial charge in [0.1, 0.15) is 11.8 Å². The van der Waals surface area contributed by atoms with Crippen LogP contribution in [-0.4, -0.2) is 73.6 Å². The second-order valence-corrected chi connectivity index (χ2v) is 8.89. The number of carbonyl (C=O) groups excluding carboxylic acids is 3. The van der Waals surface area contributed by atoms with Gasteiger partial charge < -0.3 is 29.3 Å². The van der Waals surface area contributed by atoms with Crippen LogP contribution in [0.3, 0.4) is 0 Å². The second kappa shape index (κ2) is 11.3. The molecule has 4 rings (SSSR count). The standard InChI is InChI=1S/C27H33N3O6/c1-4-29(5-2)27(33)24(28-25(31)19-6-9-21(34-3)10-7-19)18-12-14-30(15-13-18)26(32)20-8-11-22-23(16-20)36-17-35-22/h6-11,16,18,24H,4-5,12-15,17H2,1-3H3,(H,28,31). The maximum Gasteiger partial charge on any atom is 0.253 e. The highest BCUT2D eigenvalue weighted by Crippen LogP contribution is 2.33. The third-order valence-corrected chi connectivity index (χ3v) is 6.90. The Hall–Kier alpha value is -3.75. The van der Waals surface area contributed by atoms with Crippen LogP contribution in [0.2, 0.25) is 0 Å². The highest BCUT2D eigenvalue weighted by molar-refractivity contribution is 5.98. The predicted octanol–water partition coefficient (Wildman–Crippen LogP) is 2.94. The third-order valence-electron chi connectivity index (χ3n) is 6.90. The number of rotatable bonds is 8. The first-order valence-electron chi connectivity index (χ1n) is 12.4. The Kier molecular flexibility index (Phi) is 7.97. The highest BCUT2D eigenvalue weighted by atomic mass is 16.7. The van der Waals surface area contributed by atoms with Crippen molar-refractivity contribution in [2.75, 3.05) is 40.1 Å². The molecular formula is C27H33N3O6. The molecule has 0 aliphatic carbocycles. The van der Waals surface area contributed by atoms with Gasteiger partial charge in [-0.2, -0.15) is 0 Å². The number of methoxy groups -OCH3 is 1. The van der Waals surface area contributed by atoms with Gasteiger partial charge in [0.15, 0.2) is 11.5 Å². The first-order valence-corrected chi connectivity index (χ1v) is 12.4. The Morgan fingerprint density at radius 2 is 1.64 bits per heavy atom. The zero-order chi connectivity index (χ0) is 25.7. The molecular weight excluding hydrogens is 462 g/mol. The van der Waals surface area contributed by atoms with Gasteiger partial charge in [0, 0.05) is 37.3 Å². The Labute approximate surface area is 211 Å². The largest absolute Gasteiger partial charge is 0.497 e. The molecule has 2 aromatic rings. The van der Waals surface area contributed by atoms with Crippen LogP contribution in [0.15, 0.2) is 42.5 Å². The molecule has 9 nitrogen and oxygen atoms in total. The average molecular weight is 496 g/mol. The number of likely N-dealkylation sites (tertiary alicyclic amines) is 1. The van der Waals surface area contributed by atoms with Crippen LogP contribution < -0.4 is 19.5 Å². The zero-order valence-corrected chi connectivity index (χ0v) is 21.0. The SMILES string of the molecule is CCN(CC)C(=O)C(NC(=O)c1ccc(OC)cc1)C1CCN(C(=O)c2ccc3c(c2)OCO3)CC1. The minimum absolute atomic E-state index is 0.0823. The maximum atomic E-state index is 13.4. The third kappa shape index (κ3) is 5.40. The van der Waals surface area contributed by atoms with Crippen molar-refractivity contribution >= 4 is 17.7 Å². The highest BCUT2D eigenvalue weighted by Gasteiger charge is 2.36. The lowest BCUT2D eigenvalue weighted by atomic mass is 9.87. The van der Waals surface area contributed by atoms with E-state index in [9.17, 15) is 14.4 Å². The number of carbonyl (C=O) groups is 3. The molecule has 1 saturated heterocycles. The van der Waals surface area contributed by atoms with Crippen LogP contribution in [0.25, 0.3) is 0 Å². The van der Waals surface area contributed by atoms with Crippen LogP contribution in [0, 0.1) is 5.92 Å². The number of nitrogens with one attached hydrogen (secondary N) is 1. The summed E-state index contributed by atoms with van der Waals surface area (Å²) in [6.45, 7) is 6.13. The van der Waals surface area contributed by atoms with Gasteiger partial charge in [0.05, 0.1) is 7.11 Å². The lowest BCUT2D eigenvalue weighted by Crippen LogP contribution is -2.54. The lowest BCUT2D eigenvalue weighted by molar-refractivity contribution is -0.134. The van der Waals surface area contributed by atoms with Crippen molar-refractivity contribution in [3.63, 3.8) is 0 Å². The summed E-state index contributed by atoms with van der Waals surface area (Å²) in [6.07, 6.45) is 1.22. The molecule has 1 unspecified atom stereocenters. The fourth-order valence-corrected chi connectivity index (χ4v) is 4.73. The summed E-state index contributed by atoms with van der Waals surface area (Å²) < 4.78 is 15.9. The molecule has 0 aromatic heterocycles. The number of nitrogens with zero attached hydrogens (tertiary/aromatic N) is 2. The van der Waals surface area contributed by atoms with Gasteiger partial charge >= 0.3 is 0 Å². The summed E-state index contributed by atoms with van der Waals surface area (Å²) in [4.78, 5) is 43.1. The molecule has 0 bridgehead atoms. The van der Waals surface area contributed by atoms with Crippen LogP contribution >= 0.6 is 0 Å². The van der Waals surface area contributed by atoms with E-state index >= 15 is 0 Å². The van der Waals surface area contributed by atoms with E-state index in [-0.39, 0.29) is 30.4 Å². The van der Waals surface area contributed by atoms with Crippen LogP contribution in [-0.2, 0) is 4.79 Å². The van der Waals surface area contributed by atoms with Crippen molar-refractivity contribution in [2.45, 2.75) is 32.7 Å². The first kappa shape index (κ1) is 25.3. The normalized spacial score (nSPS) is 15.8. The maximum absolute atomic E-state index is 13.4. The molecule has 3 amide bonds. The fraction of sp³-hybridized carbons (Fsp3) is 0.444. The van der Waals surface area contributed by atoms with Crippen molar-refractivity contribution in [3.8, 4) is 17.2 Å². The number of likely N-dealkylation sites (N-methyl/N-ethyl adjacent to an activating group) is 1. The summed E-state index contributed by atoms with van der Waals surface area (Å²) in [5.41, 5.74) is 1.00. The van der Waals surface area contributed by atoms with Crippen LogP contribution in [0.5, 0.6) is 17.2 Å². The van der Waals surface area contributed by atoms with Gasteiger partial charge in [-0.15, -0.1) is 0 Å². The van der Waals surface area contributed by atoms with Crippen molar-refractivity contribution < 1.29 is 28.6 Å². The van der Waals surface area contributed by atoms with Gasteiger partial charge in [0.25, 0.3) is 11.8 Å². The van der Waals surface area contributed by atoms with E-state index in [0.717, 1.165) is 0 Å². The summed E-state index contributed by atoms with van der Waals surface area (Å²) >= 11 is 0. The Morgan fingerprint density at radius 3 is 2.28 bits per heavy atom. The van der Waals surface area contributed by atoms with Gasteiger partial charge in [-0.25, -0.2) is 0 Å². The van der Waals surface area contributed by atoms with E-state index < -0.39 is 6.04 Å². The Bertz CT molecular complexity index is 1090. The molecule has 1 atom stereocenters. The molecule has 192 valence electrons. The van der Waals surface area contributed by atoms with E-state index in [4.69, 9.17) is 14.2 Å². The molecule has 0 spiro atoms. The molecule has 0 radical (unpaired) electrons. The first-order chi connectivity index (χ1) is 17.4. The monoisotopic (exact) mass is 495 g/mol. The smallest absolute Gasteiger partial charge is 0.253 e. The molecule has 1 N–H and O–H groups in total. The molecule has 9 heteroatoms. The number of piperidine rings is 1. The van der Waals surface area contributed by atoms with Gasteiger partial charge in [-0.1, -0.05) is 0 Å². The molecule has 2 aliphatic rings. The average Bonchev–Trinajstić information content (AvgIpc) is 3.40. The Morgan fingerprint density at radius 1 is 1.00 bits per heavy atom. The van der Waals surface area contributed by atoms with E-state index in [1.54, 1.807) is 59.4 Å². The van der Waals surface area contributed by atoms with Gasteiger partial charge in [-0.05, 0) is 75.1 Å². The van der Waals surface area contributed by atoms with Gasteiger partial charge in [0.2, 0.25) is 12.7 Å². The molecule has 2 aromatic carbocycles. The summed E-state index contributed by atoms with van der Waals surface area (Å²) in [5, 5.41) is 2.99. The van der Waals surface area contributed by atoms with Crippen molar-refractivity contribution in [1.29, 1.82) is 0 Å². The summed E-state index contributed by atoms with van der Waals surface area (Å²) in [6, 6.07) is 11.3. The summed E-state index contributed by atoms with van der Waals surface area (Å²) in [5.74, 6) is 1.30. The second-order valence-electron chi connectivity index (χ2n) is 8.89. The van der Waals surface area contributed by atoms with Crippen LogP contribution in [0.1, 0.15) is 47.4 Å². The van der Waals surface area contributed by atoms with Gasteiger partial charge in [-0.3, -0.25) is 14.4 Å². The quantitative estimate of drug-likeness (QED) is 0.605. The molecule has 36 heavy (non-hydrogen) atoms. The minimum atomic E-state index is -0.665. The van der Waals surface area contributed by atoms with Crippen molar-refractivity contribution in [3.05, 3.63) is 53.6 Å². The fourth-order valence-electron chi connectivity index (χ4n) is 4.73. The zero-order valence-electron chi connectivity index (χ0n) is 21.0. The van der Waals surface area contributed by atoms with Crippen molar-refractivity contribution in [2.24, 2.45) is 5.92 Å².